The third-order valence-corrected chi connectivity index (χ3v) is 4.70. The molecule has 0 saturated heterocycles. The van der Waals surface area contributed by atoms with Crippen molar-refractivity contribution in [3.05, 3.63) is 68.7 Å². The van der Waals surface area contributed by atoms with Crippen molar-refractivity contribution in [2.24, 2.45) is 5.10 Å². The standard InChI is InChI=1S/C14H12BrN3O4S/c1-10(13-4-2-3-5-14(13)18(19)20)16-17-23(21,22)12-8-6-11(15)7-9-12/h2-9,17H,1H3/b16-10-. The van der Waals surface area contributed by atoms with Gasteiger partial charge in [-0.15, -0.1) is 0 Å². The average molecular weight is 398 g/mol. The molecule has 0 aromatic heterocycles. The number of sulfonamides is 1. The lowest BCUT2D eigenvalue weighted by Gasteiger charge is -2.06. The predicted molar refractivity (Wildman–Crippen MR) is 89.8 cm³/mol. The molecule has 0 amide bonds. The zero-order valence-corrected chi connectivity index (χ0v) is 14.3. The lowest BCUT2D eigenvalue weighted by Crippen LogP contribution is -2.20. The van der Waals surface area contributed by atoms with Crippen LogP contribution in [-0.4, -0.2) is 19.1 Å². The summed E-state index contributed by atoms with van der Waals surface area (Å²) in [4.78, 5) is 12.6. The molecule has 0 aliphatic carbocycles. The number of rotatable bonds is 5. The van der Waals surface area contributed by atoms with Crippen molar-refractivity contribution >= 4 is 37.4 Å². The zero-order chi connectivity index (χ0) is 17.0. The van der Waals surface area contributed by atoms with Crippen LogP contribution in [0.15, 0.2) is 63.0 Å². The molecule has 2 aromatic carbocycles. The van der Waals surface area contributed by atoms with E-state index >= 15 is 0 Å². The summed E-state index contributed by atoms with van der Waals surface area (Å²) >= 11 is 3.22. The van der Waals surface area contributed by atoms with E-state index in [4.69, 9.17) is 0 Å². The highest BCUT2D eigenvalue weighted by Crippen LogP contribution is 2.19. The minimum Gasteiger partial charge on any atom is -0.258 e. The molecule has 0 saturated carbocycles. The zero-order valence-electron chi connectivity index (χ0n) is 11.9. The van der Waals surface area contributed by atoms with Gasteiger partial charge in [-0.2, -0.15) is 18.4 Å². The monoisotopic (exact) mass is 397 g/mol. The Balaban J connectivity index is 2.29. The molecule has 1 N–H and O–H groups in total. The summed E-state index contributed by atoms with van der Waals surface area (Å²) < 4.78 is 25.0. The average Bonchev–Trinajstić information content (AvgIpc) is 2.53. The Morgan fingerprint density at radius 1 is 1.17 bits per heavy atom. The molecule has 0 heterocycles. The van der Waals surface area contributed by atoms with Gasteiger partial charge in [-0.25, -0.2) is 0 Å². The van der Waals surface area contributed by atoms with Gasteiger partial charge in [0.25, 0.3) is 15.7 Å². The van der Waals surface area contributed by atoms with Gasteiger partial charge < -0.3 is 0 Å². The fourth-order valence-electron chi connectivity index (χ4n) is 1.79. The molecule has 0 aliphatic heterocycles. The first-order valence-corrected chi connectivity index (χ1v) is 8.64. The third kappa shape index (κ3) is 4.14. The summed E-state index contributed by atoms with van der Waals surface area (Å²) in [5.74, 6) is 0. The van der Waals surface area contributed by atoms with Crippen molar-refractivity contribution in [3.8, 4) is 0 Å². The van der Waals surface area contributed by atoms with Gasteiger partial charge in [0.15, 0.2) is 0 Å². The van der Waals surface area contributed by atoms with E-state index in [0.29, 0.717) is 0 Å². The molecule has 23 heavy (non-hydrogen) atoms. The number of nitro benzene ring substituents is 1. The maximum Gasteiger partial charge on any atom is 0.278 e. The van der Waals surface area contributed by atoms with Crippen molar-refractivity contribution in [1.29, 1.82) is 0 Å². The van der Waals surface area contributed by atoms with Gasteiger partial charge >= 0.3 is 0 Å². The second kappa shape index (κ2) is 6.88. The van der Waals surface area contributed by atoms with Crippen LogP contribution >= 0.6 is 15.9 Å². The Labute approximate surface area is 141 Å². The molecule has 2 rings (SSSR count). The quantitative estimate of drug-likeness (QED) is 0.475. The molecular weight excluding hydrogens is 386 g/mol. The molecule has 7 nitrogen and oxygen atoms in total. The maximum absolute atomic E-state index is 12.1. The van der Waals surface area contributed by atoms with E-state index < -0.39 is 14.9 Å². The van der Waals surface area contributed by atoms with Gasteiger partial charge in [0, 0.05) is 10.5 Å². The number of para-hydroxylation sites is 1. The molecule has 0 radical (unpaired) electrons. The van der Waals surface area contributed by atoms with Crippen LogP contribution in [0.4, 0.5) is 5.69 Å². The molecule has 0 aliphatic rings. The lowest BCUT2D eigenvalue weighted by atomic mass is 10.1. The number of nitrogens with one attached hydrogen (secondary N) is 1. The molecule has 0 atom stereocenters. The molecule has 0 fully saturated rings. The molecule has 0 bridgehead atoms. The van der Waals surface area contributed by atoms with Crippen molar-refractivity contribution in [2.45, 2.75) is 11.8 Å². The van der Waals surface area contributed by atoms with Gasteiger partial charge in [-0.1, -0.05) is 28.1 Å². The smallest absolute Gasteiger partial charge is 0.258 e. The number of nitro groups is 1. The number of hydrogen-bond donors (Lipinski definition) is 1. The summed E-state index contributed by atoms with van der Waals surface area (Å²) in [6, 6.07) is 12.0. The first kappa shape index (κ1) is 17.1. The molecule has 0 unspecified atom stereocenters. The number of hydrazone groups is 1. The Kier molecular flexibility index (Phi) is 5.12. The molecular formula is C14H12BrN3O4S. The topological polar surface area (TPSA) is 102 Å². The van der Waals surface area contributed by atoms with E-state index in [9.17, 15) is 18.5 Å². The summed E-state index contributed by atoms with van der Waals surface area (Å²) in [5.41, 5.74) is 0.297. The Bertz CT molecular complexity index is 864. The summed E-state index contributed by atoms with van der Waals surface area (Å²) in [5, 5.41) is 14.8. The highest BCUT2D eigenvalue weighted by Gasteiger charge is 2.16. The number of hydrogen-bond acceptors (Lipinski definition) is 5. The number of halogens is 1. The van der Waals surface area contributed by atoms with Crippen LogP contribution in [0.2, 0.25) is 0 Å². The number of nitrogens with zero attached hydrogens (tertiary/aromatic N) is 2. The SMILES string of the molecule is C/C(=N/NS(=O)(=O)c1ccc(Br)cc1)c1ccccc1[N+](=O)[O-]. The normalized spacial score (nSPS) is 12.0. The first-order valence-electron chi connectivity index (χ1n) is 6.37. The predicted octanol–water partition coefficient (Wildman–Crippen LogP) is 3.06. The fraction of sp³-hybridized carbons (Fsp3) is 0.0714. The molecule has 9 heteroatoms. The van der Waals surface area contributed by atoms with Crippen LogP contribution in [0.5, 0.6) is 0 Å². The van der Waals surface area contributed by atoms with Crippen LogP contribution in [0.1, 0.15) is 12.5 Å². The largest absolute Gasteiger partial charge is 0.278 e. The van der Waals surface area contributed by atoms with E-state index in [0.717, 1.165) is 4.47 Å². The van der Waals surface area contributed by atoms with Crippen LogP contribution in [-0.2, 0) is 10.0 Å². The Hall–Kier alpha value is -2.26. The summed E-state index contributed by atoms with van der Waals surface area (Å²) in [7, 11) is -3.84. The van der Waals surface area contributed by atoms with Crippen LogP contribution in [0.3, 0.4) is 0 Å². The van der Waals surface area contributed by atoms with Crippen molar-refractivity contribution < 1.29 is 13.3 Å². The van der Waals surface area contributed by atoms with Gasteiger partial charge in [-0.3, -0.25) is 10.1 Å². The second-order valence-electron chi connectivity index (χ2n) is 4.52. The molecule has 120 valence electrons. The fourth-order valence-corrected chi connectivity index (χ4v) is 2.92. The Morgan fingerprint density at radius 2 is 1.78 bits per heavy atom. The van der Waals surface area contributed by atoms with Crippen LogP contribution in [0.25, 0.3) is 0 Å². The van der Waals surface area contributed by atoms with Crippen LogP contribution < -0.4 is 4.83 Å². The molecule has 0 spiro atoms. The van der Waals surface area contributed by atoms with Gasteiger partial charge in [0.1, 0.15) is 0 Å². The van der Waals surface area contributed by atoms with E-state index in [1.165, 1.54) is 37.3 Å². The van der Waals surface area contributed by atoms with E-state index in [1.807, 2.05) is 0 Å². The van der Waals surface area contributed by atoms with Crippen molar-refractivity contribution in [3.63, 3.8) is 0 Å². The van der Waals surface area contributed by atoms with E-state index in [1.54, 1.807) is 18.2 Å². The van der Waals surface area contributed by atoms with Crippen molar-refractivity contribution in [2.75, 3.05) is 0 Å². The summed E-state index contributed by atoms with van der Waals surface area (Å²) in [6.07, 6.45) is 0. The van der Waals surface area contributed by atoms with Gasteiger partial charge in [0.05, 0.1) is 21.1 Å². The maximum atomic E-state index is 12.1. The molecule has 2 aromatic rings. The first-order chi connectivity index (χ1) is 10.8. The van der Waals surface area contributed by atoms with Crippen molar-refractivity contribution in [1.82, 2.24) is 4.83 Å². The second-order valence-corrected chi connectivity index (χ2v) is 7.10. The van der Waals surface area contributed by atoms with Gasteiger partial charge in [0.2, 0.25) is 0 Å². The van der Waals surface area contributed by atoms with E-state index in [2.05, 4.69) is 25.9 Å². The summed E-state index contributed by atoms with van der Waals surface area (Å²) in [6.45, 7) is 1.49. The minimum absolute atomic E-state index is 0.0415. The minimum atomic E-state index is -3.84. The Morgan fingerprint density at radius 3 is 2.39 bits per heavy atom. The van der Waals surface area contributed by atoms with E-state index in [-0.39, 0.29) is 21.9 Å². The van der Waals surface area contributed by atoms with Gasteiger partial charge in [-0.05, 0) is 37.3 Å². The third-order valence-electron chi connectivity index (χ3n) is 2.95. The van der Waals surface area contributed by atoms with Crippen LogP contribution in [0, 0.1) is 10.1 Å². The lowest BCUT2D eigenvalue weighted by molar-refractivity contribution is -0.385. The highest BCUT2D eigenvalue weighted by molar-refractivity contribution is 9.10. The highest BCUT2D eigenvalue weighted by atomic mass is 79.9. The number of benzene rings is 2.